The predicted octanol–water partition coefficient (Wildman–Crippen LogP) is 0.292. The summed E-state index contributed by atoms with van der Waals surface area (Å²) >= 11 is 0. The third-order valence-electron chi connectivity index (χ3n) is 1.65. The van der Waals surface area contributed by atoms with Gasteiger partial charge in [-0.3, -0.25) is 4.79 Å². The molecule has 0 bridgehead atoms. The lowest BCUT2D eigenvalue weighted by atomic mass is 10.0. The van der Waals surface area contributed by atoms with Crippen molar-refractivity contribution >= 4 is 6.29 Å². The number of carbonyl (C=O) groups is 1. The Bertz CT molecular complexity index is 254. The van der Waals surface area contributed by atoms with E-state index in [0.29, 0.717) is 6.29 Å². The van der Waals surface area contributed by atoms with Crippen molar-refractivity contribution in [1.82, 2.24) is 0 Å². The maximum absolute atomic E-state index is 10.3. The topological polar surface area (TPSA) is 66.8 Å². The van der Waals surface area contributed by atoms with E-state index in [1.165, 1.54) is 19.3 Å². The van der Waals surface area contributed by atoms with Crippen LogP contribution in [0.3, 0.4) is 0 Å². The lowest BCUT2D eigenvalue weighted by Crippen LogP contribution is -2.31. The van der Waals surface area contributed by atoms with Gasteiger partial charge in [0.25, 0.3) is 0 Å². The maximum atomic E-state index is 10.3. The Morgan fingerprint density at radius 2 is 2.42 bits per heavy atom. The molecule has 4 nitrogen and oxygen atoms in total. The van der Waals surface area contributed by atoms with Crippen molar-refractivity contribution < 1.29 is 19.7 Å². The number of allylic oxidation sites excluding steroid dienone is 2. The predicted molar refractivity (Wildman–Crippen MR) is 41.4 cm³/mol. The second-order valence-corrected chi connectivity index (χ2v) is 2.62. The van der Waals surface area contributed by atoms with Crippen LogP contribution in [0.5, 0.6) is 0 Å². The standard InChI is InChI=1S/C8H10O4/c1-12-8(11)3-6(5-9)2-7(10)4-8/h2-3,5,10-11H,4H2,1H3. The van der Waals surface area contributed by atoms with Crippen LogP contribution >= 0.6 is 0 Å². The molecule has 0 amide bonds. The summed E-state index contributed by atoms with van der Waals surface area (Å²) in [5.74, 6) is -1.61. The molecule has 0 fully saturated rings. The van der Waals surface area contributed by atoms with E-state index in [2.05, 4.69) is 0 Å². The molecule has 0 aromatic carbocycles. The monoisotopic (exact) mass is 170 g/mol. The fraction of sp³-hybridized carbons (Fsp3) is 0.375. The quantitative estimate of drug-likeness (QED) is 0.461. The molecule has 1 aliphatic rings. The zero-order chi connectivity index (χ0) is 9.19. The Balaban J connectivity index is 2.95. The lowest BCUT2D eigenvalue weighted by molar-refractivity contribution is -0.150. The molecule has 0 spiro atoms. The van der Waals surface area contributed by atoms with Gasteiger partial charge in [-0.15, -0.1) is 0 Å². The first-order valence-electron chi connectivity index (χ1n) is 3.45. The number of carbonyl (C=O) groups excluding carboxylic acids is 1. The van der Waals surface area contributed by atoms with Gasteiger partial charge in [0.05, 0.1) is 12.2 Å². The van der Waals surface area contributed by atoms with E-state index in [-0.39, 0.29) is 17.8 Å². The molecule has 0 aromatic heterocycles. The smallest absolute Gasteiger partial charge is 0.193 e. The molecular formula is C8H10O4. The number of rotatable bonds is 2. The molecule has 0 aromatic rings. The summed E-state index contributed by atoms with van der Waals surface area (Å²) in [4.78, 5) is 10.3. The summed E-state index contributed by atoms with van der Waals surface area (Å²) < 4.78 is 4.70. The number of ether oxygens (including phenoxy) is 1. The highest BCUT2D eigenvalue weighted by Gasteiger charge is 2.28. The molecule has 1 unspecified atom stereocenters. The first-order valence-corrected chi connectivity index (χ1v) is 3.45. The number of aldehydes is 1. The maximum Gasteiger partial charge on any atom is 0.193 e. The second-order valence-electron chi connectivity index (χ2n) is 2.62. The molecule has 1 atom stereocenters. The van der Waals surface area contributed by atoms with Gasteiger partial charge in [-0.1, -0.05) is 0 Å². The Morgan fingerprint density at radius 1 is 1.75 bits per heavy atom. The third kappa shape index (κ3) is 1.72. The van der Waals surface area contributed by atoms with Gasteiger partial charge in [-0.25, -0.2) is 0 Å². The summed E-state index contributed by atoms with van der Waals surface area (Å²) in [7, 11) is 1.30. The average Bonchev–Trinajstić information content (AvgIpc) is 2.03. The van der Waals surface area contributed by atoms with E-state index < -0.39 is 5.79 Å². The number of hydrogen-bond donors (Lipinski definition) is 2. The van der Waals surface area contributed by atoms with Crippen LogP contribution in [-0.4, -0.2) is 29.4 Å². The van der Waals surface area contributed by atoms with E-state index >= 15 is 0 Å². The molecule has 0 heterocycles. The van der Waals surface area contributed by atoms with Gasteiger partial charge in [0.1, 0.15) is 6.29 Å². The van der Waals surface area contributed by atoms with Crippen molar-refractivity contribution in [3.8, 4) is 0 Å². The Labute approximate surface area is 69.8 Å². The van der Waals surface area contributed by atoms with Crippen molar-refractivity contribution in [3.05, 3.63) is 23.5 Å². The van der Waals surface area contributed by atoms with Gasteiger partial charge < -0.3 is 14.9 Å². The summed E-state index contributed by atoms with van der Waals surface area (Å²) in [6, 6.07) is 0. The summed E-state index contributed by atoms with van der Waals surface area (Å²) in [5.41, 5.74) is 0.211. The summed E-state index contributed by atoms with van der Waals surface area (Å²) in [6.07, 6.45) is 3.07. The van der Waals surface area contributed by atoms with Gasteiger partial charge in [-0.2, -0.15) is 0 Å². The first kappa shape index (κ1) is 8.96. The highest BCUT2D eigenvalue weighted by atomic mass is 16.6. The molecule has 12 heavy (non-hydrogen) atoms. The fourth-order valence-electron chi connectivity index (χ4n) is 1.06. The Morgan fingerprint density at radius 3 is 2.92 bits per heavy atom. The van der Waals surface area contributed by atoms with Crippen molar-refractivity contribution in [2.45, 2.75) is 12.2 Å². The van der Waals surface area contributed by atoms with Crippen LogP contribution < -0.4 is 0 Å². The molecule has 0 saturated heterocycles. The normalized spacial score (nSPS) is 29.2. The van der Waals surface area contributed by atoms with Crippen LogP contribution in [0.2, 0.25) is 0 Å². The van der Waals surface area contributed by atoms with Gasteiger partial charge in [0.2, 0.25) is 0 Å². The number of hydrogen-bond acceptors (Lipinski definition) is 4. The highest BCUT2D eigenvalue weighted by molar-refractivity contribution is 5.78. The third-order valence-corrected chi connectivity index (χ3v) is 1.65. The number of aliphatic hydroxyl groups is 2. The molecule has 1 rings (SSSR count). The van der Waals surface area contributed by atoms with E-state index in [0.717, 1.165) is 0 Å². The minimum atomic E-state index is -1.55. The molecular weight excluding hydrogens is 160 g/mol. The van der Waals surface area contributed by atoms with Crippen molar-refractivity contribution in [2.24, 2.45) is 0 Å². The molecule has 0 saturated carbocycles. The van der Waals surface area contributed by atoms with E-state index in [4.69, 9.17) is 9.84 Å². The second kappa shape index (κ2) is 3.08. The van der Waals surface area contributed by atoms with Crippen LogP contribution in [-0.2, 0) is 9.53 Å². The molecule has 2 N–H and O–H groups in total. The van der Waals surface area contributed by atoms with Crippen LogP contribution in [0.25, 0.3) is 0 Å². The van der Waals surface area contributed by atoms with Gasteiger partial charge in [-0.05, 0) is 12.2 Å². The summed E-state index contributed by atoms with van der Waals surface area (Å²) in [5, 5.41) is 18.6. The molecule has 1 aliphatic carbocycles. The fourth-order valence-corrected chi connectivity index (χ4v) is 1.06. The molecule has 0 aliphatic heterocycles. The van der Waals surface area contributed by atoms with E-state index in [1.807, 2.05) is 0 Å². The number of methoxy groups -OCH3 is 1. The van der Waals surface area contributed by atoms with E-state index in [1.54, 1.807) is 0 Å². The van der Waals surface area contributed by atoms with Crippen molar-refractivity contribution in [3.63, 3.8) is 0 Å². The number of aliphatic hydroxyl groups excluding tert-OH is 1. The van der Waals surface area contributed by atoms with Gasteiger partial charge >= 0.3 is 0 Å². The largest absolute Gasteiger partial charge is 0.512 e. The lowest BCUT2D eigenvalue weighted by Gasteiger charge is -2.25. The molecule has 4 heteroatoms. The van der Waals surface area contributed by atoms with Crippen LogP contribution in [0.4, 0.5) is 0 Å². The molecule has 0 radical (unpaired) electrons. The Hall–Kier alpha value is -1.13. The van der Waals surface area contributed by atoms with E-state index in [9.17, 15) is 9.90 Å². The summed E-state index contributed by atoms with van der Waals surface area (Å²) in [6.45, 7) is 0. The zero-order valence-corrected chi connectivity index (χ0v) is 6.65. The SMILES string of the molecule is COC1(O)C=C(C=O)C=C(O)C1. The Kier molecular flexibility index (Phi) is 2.30. The van der Waals surface area contributed by atoms with Gasteiger partial charge in [0.15, 0.2) is 5.79 Å². The van der Waals surface area contributed by atoms with Crippen LogP contribution in [0.15, 0.2) is 23.5 Å². The zero-order valence-electron chi connectivity index (χ0n) is 6.65. The van der Waals surface area contributed by atoms with Crippen LogP contribution in [0, 0.1) is 0 Å². The van der Waals surface area contributed by atoms with Crippen molar-refractivity contribution in [1.29, 1.82) is 0 Å². The van der Waals surface area contributed by atoms with Gasteiger partial charge in [0, 0.05) is 12.7 Å². The highest BCUT2D eigenvalue weighted by Crippen LogP contribution is 2.24. The minimum Gasteiger partial charge on any atom is -0.512 e. The first-order chi connectivity index (χ1) is 5.59. The van der Waals surface area contributed by atoms with Crippen LogP contribution in [0.1, 0.15) is 6.42 Å². The molecule has 66 valence electrons. The average molecular weight is 170 g/mol. The van der Waals surface area contributed by atoms with Crippen molar-refractivity contribution in [2.75, 3.05) is 7.11 Å². The minimum absolute atomic E-state index is 0.0269.